The summed E-state index contributed by atoms with van der Waals surface area (Å²) < 4.78 is 0. The molecule has 2 aliphatic carbocycles. The van der Waals surface area contributed by atoms with Crippen LogP contribution >= 0.6 is 0 Å². The number of hydrogen-bond donors (Lipinski definition) is 2. The summed E-state index contributed by atoms with van der Waals surface area (Å²) in [6.07, 6.45) is 9.35. The van der Waals surface area contributed by atoms with E-state index in [0.717, 1.165) is 38.0 Å². The topological polar surface area (TPSA) is 71.2 Å². The van der Waals surface area contributed by atoms with Gasteiger partial charge in [0.1, 0.15) is 0 Å². The first-order chi connectivity index (χ1) is 11.7. The zero-order chi connectivity index (χ0) is 16.5. The minimum Gasteiger partial charge on any atom is -0.333 e. The van der Waals surface area contributed by atoms with Gasteiger partial charge in [0.2, 0.25) is 5.91 Å². The van der Waals surface area contributed by atoms with Gasteiger partial charge >= 0.3 is 0 Å². The molecule has 2 bridgehead atoms. The van der Waals surface area contributed by atoms with Crippen molar-refractivity contribution >= 4 is 5.91 Å². The maximum absolute atomic E-state index is 13.3. The molecule has 0 radical (unpaired) electrons. The van der Waals surface area contributed by atoms with E-state index >= 15 is 0 Å². The number of carbonyl (C=O) groups excluding carboxylic acids is 1. The average Bonchev–Trinajstić information content (AvgIpc) is 2.62. The van der Waals surface area contributed by atoms with E-state index in [0.29, 0.717) is 23.8 Å². The molecule has 0 aromatic carbocycles. The van der Waals surface area contributed by atoms with Gasteiger partial charge in [0.15, 0.2) is 0 Å². The maximum atomic E-state index is 13.3. The summed E-state index contributed by atoms with van der Waals surface area (Å²) in [5.74, 6) is 1.60. The molecule has 24 heavy (non-hydrogen) atoms. The number of nitrogens with zero attached hydrogens (tertiary/aromatic N) is 2. The molecule has 1 saturated heterocycles. The second-order valence-electron chi connectivity index (χ2n) is 7.73. The van der Waals surface area contributed by atoms with Crippen molar-refractivity contribution in [2.75, 3.05) is 19.6 Å². The molecule has 3 fully saturated rings. The minimum absolute atomic E-state index is 0.107. The number of rotatable bonds is 2. The number of carbonyl (C=O) groups is 1. The van der Waals surface area contributed by atoms with Crippen LogP contribution in [0.5, 0.6) is 0 Å². The lowest BCUT2D eigenvalue weighted by Gasteiger charge is -2.46. The average molecular weight is 328 g/mol. The third-order valence-electron chi connectivity index (χ3n) is 6.36. The number of amides is 1. The van der Waals surface area contributed by atoms with Crippen molar-refractivity contribution in [3.63, 3.8) is 0 Å². The van der Waals surface area contributed by atoms with Gasteiger partial charge in [-0.05, 0) is 49.1 Å². The van der Waals surface area contributed by atoms with Crippen LogP contribution in [0.4, 0.5) is 0 Å². The van der Waals surface area contributed by atoms with Crippen LogP contribution in [0.2, 0.25) is 0 Å². The van der Waals surface area contributed by atoms with Crippen LogP contribution in [0, 0.1) is 17.8 Å². The van der Waals surface area contributed by atoms with E-state index in [4.69, 9.17) is 5.73 Å². The molecule has 5 nitrogen and oxygen atoms in total. The molecule has 5 heteroatoms. The van der Waals surface area contributed by atoms with Crippen molar-refractivity contribution in [2.45, 2.75) is 44.2 Å². The number of nitrogens with one attached hydrogen (secondary N) is 1. The Morgan fingerprint density at radius 1 is 1.29 bits per heavy atom. The van der Waals surface area contributed by atoms with Crippen molar-refractivity contribution < 1.29 is 4.79 Å². The van der Waals surface area contributed by atoms with Gasteiger partial charge in [-0.25, -0.2) is 0 Å². The Labute approximate surface area is 144 Å². The standard InChI is InChI=1S/C19H28N4O/c20-18-13-3-1-4-14(18)10-16(9-13)19(24)23-8-7-22-12-17(23)15-5-2-6-21-11-15/h2,5-6,11,13-14,16-18,22H,1,3-4,7-10,12,20H2. The van der Waals surface area contributed by atoms with E-state index in [2.05, 4.69) is 21.3 Å². The SMILES string of the molecule is NC1C2CCCC1CC(C(=O)N1CCNCC1c1cccnc1)C2. The lowest BCUT2D eigenvalue weighted by atomic mass is 9.65. The Kier molecular flexibility index (Phi) is 4.55. The molecule has 4 rings (SSSR count). The summed E-state index contributed by atoms with van der Waals surface area (Å²) in [5.41, 5.74) is 7.53. The minimum atomic E-state index is 0.107. The Balaban J connectivity index is 1.52. The van der Waals surface area contributed by atoms with Gasteiger partial charge in [-0.2, -0.15) is 0 Å². The zero-order valence-electron chi connectivity index (χ0n) is 14.2. The lowest BCUT2D eigenvalue weighted by Crippen LogP contribution is -2.54. The number of nitrogens with two attached hydrogens (primary N) is 1. The largest absolute Gasteiger partial charge is 0.333 e. The van der Waals surface area contributed by atoms with Gasteiger partial charge in [0.25, 0.3) is 0 Å². The second kappa shape index (κ2) is 6.81. The summed E-state index contributed by atoms with van der Waals surface area (Å²) in [6.45, 7) is 2.48. The number of piperazine rings is 1. The maximum Gasteiger partial charge on any atom is 0.226 e. The van der Waals surface area contributed by atoms with Crippen molar-refractivity contribution in [3.05, 3.63) is 30.1 Å². The molecule has 3 atom stereocenters. The molecule has 1 aromatic rings. The van der Waals surface area contributed by atoms with Gasteiger partial charge in [0.05, 0.1) is 6.04 Å². The Bertz CT molecular complexity index is 564. The van der Waals surface area contributed by atoms with Crippen molar-refractivity contribution in [1.29, 1.82) is 0 Å². The second-order valence-corrected chi connectivity index (χ2v) is 7.73. The molecule has 1 aliphatic heterocycles. The van der Waals surface area contributed by atoms with Gasteiger partial charge in [-0.15, -0.1) is 0 Å². The third-order valence-corrected chi connectivity index (χ3v) is 6.36. The summed E-state index contributed by atoms with van der Waals surface area (Å²) >= 11 is 0. The van der Waals surface area contributed by atoms with Gasteiger partial charge < -0.3 is 16.0 Å². The normalized spacial score (nSPS) is 36.4. The predicted octanol–water partition coefficient (Wildman–Crippen LogP) is 1.71. The summed E-state index contributed by atoms with van der Waals surface area (Å²) in [5, 5.41) is 3.43. The first kappa shape index (κ1) is 16.0. The highest BCUT2D eigenvalue weighted by molar-refractivity contribution is 5.79. The number of hydrogen-bond acceptors (Lipinski definition) is 4. The van der Waals surface area contributed by atoms with E-state index in [-0.39, 0.29) is 12.0 Å². The molecule has 2 saturated carbocycles. The van der Waals surface area contributed by atoms with Crippen molar-refractivity contribution in [1.82, 2.24) is 15.2 Å². The number of pyridine rings is 1. The van der Waals surface area contributed by atoms with E-state index in [1.807, 2.05) is 12.3 Å². The monoisotopic (exact) mass is 328 g/mol. The van der Waals surface area contributed by atoms with E-state index in [9.17, 15) is 4.79 Å². The molecule has 2 heterocycles. The first-order valence-electron chi connectivity index (χ1n) is 9.40. The molecule has 1 aromatic heterocycles. The smallest absolute Gasteiger partial charge is 0.226 e. The number of fused-ring (bicyclic) bond motifs is 2. The van der Waals surface area contributed by atoms with Crippen molar-refractivity contribution in [3.8, 4) is 0 Å². The van der Waals surface area contributed by atoms with Crippen LogP contribution in [-0.2, 0) is 4.79 Å². The molecule has 3 unspecified atom stereocenters. The highest BCUT2D eigenvalue weighted by Crippen LogP contribution is 2.43. The Hall–Kier alpha value is -1.46. The molecular formula is C19H28N4O. The quantitative estimate of drug-likeness (QED) is 0.867. The summed E-state index contributed by atoms with van der Waals surface area (Å²) in [4.78, 5) is 19.7. The fourth-order valence-corrected chi connectivity index (χ4v) is 5.06. The highest BCUT2D eigenvalue weighted by atomic mass is 16.2. The molecule has 1 amide bonds. The Morgan fingerprint density at radius 2 is 2.08 bits per heavy atom. The first-order valence-corrected chi connectivity index (χ1v) is 9.40. The van der Waals surface area contributed by atoms with Crippen molar-refractivity contribution in [2.24, 2.45) is 23.5 Å². The van der Waals surface area contributed by atoms with Crippen LogP contribution in [-0.4, -0.2) is 41.5 Å². The molecule has 130 valence electrons. The molecule has 0 spiro atoms. The molecule has 3 aliphatic rings. The van der Waals surface area contributed by atoms with Crippen LogP contribution in [0.1, 0.15) is 43.7 Å². The van der Waals surface area contributed by atoms with Gasteiger partial charge in [0, 0.05) is 44.0 Å². The third kappa shape index (κ3) is 2.95. The van der Waals surface area contributed by atoms with E-state index in [1.54, 1.807) is 6.20 Å². The van der Waals surface area contributed by atoms with Crippen LogP contribution < -0.4 is 11.1 Å². The fraction of sp³-hybridized carbons (Fsp3) is 0.684. The summed E-state index contributed by atoms with van der Waals surface area (Å²) in [6, 6.07) is 4.46. The van der Waals surface area contributed by atoms with Crippen LogP contribution in [0.3, 0.4) is 0 Å². The van der Waals surface area contributed by atoms with Crippen LogP contribution in [0.25, 0.3) is 0 Å². The summed E-state index contributed by atoms with van der Waals surface area (Å²) in [7, 11) is 0. The molecular weight excluding hydrogens is 300 g/mol. The van der Waals surface area contributed by atoms with E-state index in [1.165, 1.54) is 19.3 Å². The van der Waals surface area contributed by atoms with Gasteiger partial charge in [-0.3, -0.25) is 9.78 Å². The number of aromatic nitrogens is 1. The zero-order valence-corrected chi connectivity index (χ0v) is 14.2. The van der Waals surface area contributed by atoms with Gasteiger partial charge in [-0.1, -0.05) is 12.5 Å². The van der Waals surface area contributed by atoms with E-state index < -0.39 is 0 Å². The Morgan fingerprint density at radius 3 is 2.79 bits per heavy atom. The fourth-order valence-electron chi connectivity index (χ4n) is 5.06. The van der Waals surface area contributed by atoms with Crippen LogP contribution in [0.15, 0.2) is 24.5 Å². The molecule has 3 N–H and O–H groups in total. The highest BCUT2D eigenvalue weighted by Gasteiger charge is 2.42. The predicted molar refractivity (Wildman–Crippen MR) is 93.1 cm³/mol. The lowest BCUT2D eigenvalue weighted by molar-refractivity contribution is -0.142.